The van der Waals surface area contributed by atoms with E-state index in [0.29, 0.717) is 16.9 Å². The molecule has 3 aromatic rings. The fourth-order valence-electron chi connectivity index (χ4n) is 2.41. The first-order chi connectivity index (χ1) is 12.6. The van der Waals surface area contributed by atoms with E-state index in [1.54, 1.807) is 55.7 Å². The summed E-state index contributed by atoms with van der Waals surface area (Å²) in [6.45, 7) is 1.58. The van der Waals surface area contributed by atoms with Gasteiger partial charge < -0.3 is 5.32 Å². The number of amides is 1. The number of pyridine rings is 1. The predicted octanol–water partition coefficient (Wildman–Crippen LogP) is 2.38. The second-order valence-electron chi connectivity index (χ2n) is 5.57. The van der Waals surface area contributed by atoms with E-state index >= 15 is 0 Å². The van der Waals surface area contributed by atoms with Crippen molar-refractivity contribution in [3.63, 3.8) is 0 Å². The van der Waals surface area contributed by atoms with Crippen molar-refractivity contribution in [2.24, 2.45) is 0 Å². The van der Waals surface area contributed by atoms with Crippen molar-refractivity contribution in [1.82, 2.24) is 14.8 Å². The van der Waals surface area contributed by atoms with Crippen LogP contribution in [0.15, 0.2) is 65.7 Å². The summed E-state index contributed by atoms with van der Waals surface area (Å²) in [6.07, 6.45) is 3.27. The number of hydrogen-bond donors (Lipinski definition) is 1. The SMILES string of the molecule is CC(C(=O)Nc1ccccc1C#N)n1nc(-c2cccnc2)ccc1=O. The molecule has 0 aliphatic rings. The second kappa shape index (κ2) is 7.40. The maximum Gasteiger partial charge on any atom is 0.267 e. The molecule has 1 N–H and O–H groups in total. The topological polar surface area (TPSA) is 101 Å². The minimum absolute atomic E-state index is 0.345. The van der Waals surface area contributed by atoms with Crippen LogP contribution in [0.1, 0.15) is 18.5 Å². The fourth-order valence-corrected chi connectivity index (χ4v) is 2.41. The van der Waals surface area contributed by atoms with Crippen LogP contribution in [0.3, 0.4) is 0 Å². The molecule has 0 fully saturated rings. The van der Waals surface area contributed by atoms with Crippen LogP contribution in [0.4, 0.5) is 5.69 Å². The summed E-state index contributed by atoms with van der Waals surface area (Å²) < 4.78 is 1.12. The molecule has 1 aromatic carbocycles. The number of para-hydroxylation sites is 1. The molecule has 0 radical (unpaired) electrons. The van der Waals surface area contributed by atoms with Gasteiger partial charge >= 0.3 is 0 Å². The number of nitrogens with zero attached hydrogens (tertiary/aromatic N) is 4. The van der Waals surface area contributed by atoms with E-state index in [1.807, 2.05) is 12.1 Å². The van der Waals surface area contributed by atoms with Crippen LogP contribution in [-0.4, -0.2) is 20.7 Å². The first-order valence-electron chi connectivity index (χ1n) is 7.90. The van der Waals surface area contributed by atoms with Crippen molar-refractivity contribution >= 4 is 11.6 Å². The monoisotopic (exact) mass is 345 g/mol. The van der Waals surface area contributed by atoms with Gasteiger partial charge in [-0.05, 0) is 37.3 Å². The molecule has 0 saturated heterocycles. The van der Waals surface area contributed by atoms with Gasteiger partial charge in [-0.3, -0.25) is 14.6 Å². The van der Waals surface area contributed by atoms with Gasteiger partial charge in [-0.15, -0.1) is 0 Å². The standard InChI is InChI=1S/C19H15N5O2/c1-13(19(26)22-16-7-3-2-5-14(16)11-20)24-18(25)9-8-17(23-24)15-6-4-10-21-12-15/h2-10,12-13H,1H3,(H,22,26). The molecule has 1 unspecified atom stereocenters. The van der Waals surface area contributed by atoms with Crippen molar-refractivity contribution < 1.29 is 4.79 Å². The smallest absolute Gasteiger partial charge is 0.267 e. The number of nitrogens with one attached hydrogen (secondary N) is 1. The van der Waals surface area contributed by atoms with E-state index in [2.05, 4.69) is 15.4 Å². The highest BCUT2D eigenvalue weighted by Gasteiger charge is 2.19. The van der Waals surface area contributed by atoms with Crippen LogP contribution in [0, 0.1) is 11.3 Å². The minimum atomic E-state index is -0.856. The molecule has 128 valence electrons. The zero-order chi connectivity index (χ0) is 18.5. The molecular formula is C19H15N5O2. The third-order valence-corrected chi connectivity index (χ3v) is 3.83. The van der Waals surface area contributed by atoms with E-state index in [9.17, 15) is 9.59 Å². The molecule has 0 saturated carbocycles. The van der Waals surface area contributed by atoms with E-state index in [-0.39, 0.29) is 0 Å². The quantitative estimate of drug-likeness (QED) is 0.782. The Balaban J connectivity index is 1.90. The molecular weight excluding hydrogens is 330 g/mol. The molecule has 0 aliphatic heterocycles. The molecule has 0 aliphatic carbocycles. The van der Waals surface area contributed by atoms with Crippen molar-refractivity contribution in [2.45, 2.75) is 13.0 Å². The molecule has 7 nitrogen and oxygen atoms in total. The van der Waals surface area contributed by atoms with E-state index in [0.717, 1.165) is 10.2 Å². The predicted molar refractivity (Wildman–Crippen MR) is 96.2 cm³/mol. The first kappa shape index (κ1) is 17.0. The van der Waals surface area contributed by atoms with Gasteiger partial charge in [0.2, 0.25) is 5.91 Å². The van der Waals surface area contributed by atoms with E-state index in [1.165, 1.54) is 6.07 Å². The van der Waals surface area contributed by atoms with Crippen LogP contribution >= 0.6 is 0 Å². The molecule has 26 heavy (non-hydrogen) atoms. The van der Waals surface area contributed by atoms with Crippen molar-refractivity contribution in [1.29, 1.82) is 5.26 Å². The highest BCUT2D eigenvalue weighted by molar-refractivity contribution is 5.94. The Morgan fingerprint density at radius 3 is 2.73 bits per heavy atom. The average molecular weight is 345 g/mol. The first-order valence-corrected chi connectivity index (χ1v) is 7.90. The lowest BCUT2D eigenvalue weighted by Gasteiger charge is -2.15. The molecule has 3 rings (SSSR count). The minimum Gasteiger partial charge on any atom is -0.323 e. The highest BCUT2D eigenvalue weighted by atomic mass is 16.2. The number of benzene rings is 1. The van der Waals surface area contributed by atoms with Gasteiger partial charge in [-0.1, -0.05) is 12.1 Å². The summed E-state index contributed by atoms with van der Waals surface area (Å²) in [4.78, 5) is 28.8. The van der Waals surface area contributed by atoms with Crippen LogP contribution in [0.5, 0.6) is 0 Å². The molecule has 2 aromatic heterocycles. The maximum absolute atomic E-state index is 12.5. The number of carbonyl (C=O) groups excluding carboxylic acids is 1. The van der Waals surface area contributed by atoms with Crippen LogP contribution in [0.2, 0.25) is 0 Å². The number of nitriles is 1. The summed E-state index contributed by atoms with van der Waals surface area (Å²) in [7, 11) is 0. The third-order valence-electron chi connectivity index (χ3n) is 3.83. The summed E-state index contributed by atoms with van der Waals surface area (Å²) >= 11 is 0. The van der Waals surface area contributed by atoms with Gasteiger partial charge in [0.1, 0.15) is 12.1 Å². The zero-order valence-corrected chi connectivity index (χ0v) is 14.0. The second-order valence-corrected chi connectivity index (χ2v) is 5.57. The van der Waals surface area contributed by atoms with Crippen molar-refractivity contribution in [3.8, 4) is 17.3 Å². The summed E-state index contributed by atoms with van der Waals surface area (Å²) in [5, 5.41) is 16.1. The third kappa shape index (κ3) is 3.49. The van der Waals surface area contributed by atoms with Gasteiger partial charge in [0.05, 0.1) is 16.9 Å². The lowest BCUT2D eigenvalue weighted by atomic mass is 10.2. The Hall–Kier alpha value is -3.79. The van der Waals surface area contributed by atoms with Gasteiger partial charge in [0.25, 0.3) is 5.56 Å². The molecule has 1 atom stereocenters. The molecule has 0 spiro atoms. The van der Waals surface area contributed by atoms with Gasteiger partial charge in [-0.25, -0.2) is 4.68 Å². The zero-order valence-electron chi connectivity index (χ0n) is 14.0. The highest BCUT2D eigenvalue weighted by Crippen LogP contribution is 2.17. The Kier molecular flexibility index (Phi) is 4.85. The molecule has 2 heterocycles. The Labute approximate surface area is 149 Å². The van der Waals surface area contributed by atoms with Crippen LogP contribution < -0.4 is 10.9 Å². The number of hydrogen-bond acceptors (Lipinski definition) is 5. The summed E-state index contributed by atoms with van der Waals surface area (Å²) in [5.41, 5.74) is 1.62. The summed E-state index contributed by atoms with van der Waals surface area (Å²) in [6, 6.07) is 14.4. The lowest BCUT2D eigenvalue weighted by molar-refractivity contribution is -0.119. The average Bonchev–Trinajstić information content (AvgIpc) is 2.69. The Morgan fingerprint density at radius 2 is 2.00 bits per heavy atom. The number of carbonyl (C=O) groups is 1. The number of rotatable bonds is 4. The number of anilines is 1. The van der Waals surface area contributed by atoms with Gasteiger partial charge in [0, 0.05) is 24.0 Å². The lowest BCUT2D eigenvalue weighted by Crippen LogP contribution is -2.33. The summed E-state index contributed by atoms with van der Waals surface area (Å²) in [5.74, 6) is -0.439. The largest absolute Gasteiger partial charge is 0.323 e. The van der Waals surface area contributed by atoms with Crippen molar-refractivity contribution in [3.05, 3.63) is 76.8 Å². The molecule has 1 amide bonds. The Bertz CT molecular complexity index is 1040. The van der Waals surface area contributed by atoms with Crippen LogP contribution in [-0.2, 0) is 4.79 Å². The Morgan fingerprint density at radius 1 is 1.19 bits per heavy atom. The maximum atomic E-state index is 12.5. The number of aromatic nitrogens is 3. The normalized spacial score (nSPS) is 11.4. The van der Waals surface area contributed by atoms with Crippen LogP contribution in [0.25, 0.3) is 11.3 Å². The van der Waals surface area contributed by atoms with E-state index in [4.69, 9.17) is 5.26 Å². The van der Waals surface area contributed by atoms with Crippen molar-refractivity contribution in [2.75, 3.05) is 5.32 Å². The molecule has 0 bridgehead atoms. The van der Waals surface area contributed by atoms with Gasteiger partial charge in [0.15, 0.2) is 0 Å². The van der Waals surface area contributed by atoms with Gasteiger partial charge in [-0.2, -0.15) is 10.4 Å². The molecule has 7 heteroatoms. The van der Waals surface area contributed by atoms with E-state index < -0.39 is 17.5 Å². The fraction of sp³-hybridized carbons (Fsp3) is 0.105.